The topological polar surface area (TPSA) is 50.2 Å². The molecular weight excluding hydrogens is 336 g/mol. The molecule has 2 aromatic rings. The maximum absolute atomic E-state index is 13.0. The monoisotopic (exact) mass is 358 g/mol. The summed E-state index contributed by atoms with van der Waals surface area (Å²) < 4.78 is 1.76. The van der Waals surface area contributed by atoms with Crippen LogP contribution in [0, 0.1) is 12.3 Å². The molecule has 6 heteroatoms. The fraction of sp³-hybridized carbons (Fsp3) is 0.474. The fourth-order valence-corrected chi connectivity index (χ4v) is 4.10. The first-order valence-electron chi connectivity index (χ1n) is 8.89. The molecule has 1 aromatic carbocycles. The summed E-state index contributed by atoms with van der Waals surface area (Å²) >= 11 is 5.94. The number of nitrogens with one attached hydrogen (secondary N) is 1. The van der Waals surface area contributed by atoms with Gasteiger partial charge >= 0.3 is 0 Å². The molecule has 0 aliphatic carbocycles. The molecule has 0 radical (unpaired) electrons. The van der Waals surface area contributed by atoms with Gasteiger partial charge in [0.1, 0.15) is 0 Å². The largest absolute Gasteiger partial charge is 0.338 e. The molecule has 0 bridgehead atoms. The molecule has 2 fully saturated rings. The molecule has 25 heavy (non-hydrogen) atoms. The summed E-state index contributed by atoms with van der Waals surface area (Å²) in [6.07, 6.45) is 5.26. The van der Waals surface area contributed by atoms with E-state index in [2.05, 4.69) is 10.4 Å². The van der Waals surface area contributed by atoms with E-state index in [-0.39, 0.29) is 5.91 Å². The van der Waals surface area contributed by atoms with Crippen LogP contribution in [0.1, 0.15) is 35.3 Å². The quantitative estimate of drug-likeness (QED) is 0.897. The van der Waals surface area contributed by atoms with E-state index in [9.17, 15) is 4.79 Å². The van der Waals surface area contributed by atoms with Crippen molar-refractivity contribution in [2.75, 3.05) is 26.2 Å². The molecule has 132 valence electrons. The third-order valence-corrected chi connectivity index (χ3v) is 5.92. The number of amides is 1. The number of piperidine rings is 1. The SMILES string of the molecule is Cc1nn(-c2ccc(Cl)cc2)cc1C(=O)N1CCC2(CCNC2)CC1. The number of nitrogens with zero attached hydrogens (tertiary/aromatic N) is 3. The zero-order chi connectivity index (χ0) is 17.4. The van der Waals surface area contributed by atoms with Gasteiger partial charge in [-0.05, 0) is 62.4 Å². The van der Waals surface area contributed by atoms with Gasteiger partial charge in [0.2, 0.25) is 0 Å². The first kappa shape index (κ1) is 16.6. The summed E-state index contributed by atoms with van der Waals surface area (Å²) in [7, 11) is 0. The molecule has 2 aliphatic rings. The smallest absolute Gasteiger partial charge is 0.257 e. The molecule has 1 N–H and O–H groups in total. The minimum atomic E-state index is 0.0959. The Hall–Kier alpha value is -1.85. The number of likely N-dealkylation sites (tertiary alicyclic amines) is 1. The zero-order valence-electron chi connectivity index (χ0n) is 14.5. The highest BCUT2D eigenvalue weighted by molar-refractivity contribution is 6.30. The van der Waals surface area contributed by atoms with Crippen molar-refractivity contribution >= 4 is 17.5 Å². The lowest BCUT2D eigenvalue weighted by Gasteiger charge is -2.38. The van der Waals surface area contributed by atoms with Crippen LogP contribution in [-0.2, 0) is 0 Å². The Morgan fingerprint density at radius 2 is 1.92 bits per heavy atom. The van der Waals surface area contributed by atoms with E-state index >= 15 is 0 Å². The number of hydrogen-bond acceptors (Lipinski definition) is 3. The van der Waals surface area contributed by atoms with Crippen LogP contribution in [0.2, 0.25) is 5.02 Å². The van der Waals surface area contributed by atoms with Gasteiger partial charge in [-0.15, -0.1) is 0 Å². The predicted molar refractivity (Wildman–Crippen MR) is 98.4 cm³/mol. The van der Waals surface area contributed by atoms with Crippen molar-refractivity contribution < 1.29 is 4.79 Å². The Morgan fingerprint density at radius 1 is 1.20 bits per heavy atom. The number of halogens is 1. The number of rotatable bonds is 2. The molecular formula is C19H23ClN4O. The zero-order valence-corrected chi connectivity index (χ0v) is 15.2. The molecule has 0 saturated carbocycles. The third-order valence-electron chi connectivity index (χ3n) is 5.66. The molecule has 1 spiro atoms. The third kappa shape index (κ3) is 3.18. The first-order valence-corrected chi connectivity index (χ1v) is 9.26. The molecule has 2 saturated heterocycles. The van der Waals surface area contributed by atoms with E-state index in [1.165, 1.54) is 6.42 Å². The standard InChI is InChI=1S/C19H23ClN4O/c1-14-17(12-24(22-14)16-4-2-15(20)3-5-16)18(25)23-10-7-19(8-11-23)6-9-21-13-19/h2-5,12,21H,6-11,13H2,1H3. The summed E-state index contributed by atoms with van der Waals surface area (Å²) in [4.78, 5) is 14.9. The summed E-state index contributed by atoms with van der Waals surface area (Å²) in [5.41, 5.74) is 2.78. The highest BCUT2D eigenvalue weighted by Crippen LogP contribution is 2.37. The normalized spacial score (nSPS) is 19.5. The van der Waals surface area contributed by atoms with Crippen molar-refractivity contribution in [3.8, 4) is 5.69 Å². The lowest BCUT2D eigenvalue weighted by Crippen LogP contribution is -2.44. The van der Waals surface area contributed by atoms with Crippen LogP contribution >= 0.6 is 11.6 Å². The van der Waals surface area contributed by atoms with Crippen LogP contribution in [0.5, 0.6) is 0 Å². The lowest BCUT2D eigenvalue weighted by atomic mass is 9.78. The van der Waals surface area contributed by atoms with Crippen molar-refractivity contribution in [3.05, 3.63) is 46.7 Å². The van der Waals surface area contributed by atoms with Crippen LogP contribution in [-0.4, -0.2) is 46.8 Å². The second-order valence-electron chi connectivity index (χ2n) is 7.27. The van der Waals surface area contributed by atoms with Crippen molar-refractivity contribution in [3.63, 3.8) is 0 Å². The van der Waals surface area contributed by atoms with Crippen molar-refractivity contribution in [1.82, 2.24) is 20.0 Å². The van der Waals surface area contributed by atoms with Gasteiger partial charge in [-0.2, -0.15) is 5.10 Å². The molecule has 5 nitrogen and oxygen atoms in total. The minimum absolute atomic E-state index is 0.0959. The van der Waals surface area contributed by atoms with Crippen LogP contribution in [0.3, 0.4) is 0 Å². The number of carbonyl (C=O) groups is 1. The number of carbonyl (C=O) groups excluding carboxylic acids is 1. The molecule has 4 rings (SSSR count). The van der Waals surface area contributed by atoms with E-state index in [0.717, 1.165) is 50.4 Å². The van der Waals surface area contributed by atoms with E-state index in [0.29, 0.717) is 16.0 Å². The molecule has 1 aromatic heterocycles. The molecule has 1 amide bonds. The summed E-state index contributed by atoms with van der Waals surface area (Å²) in [5.74, 6) is 0.0959. The van der Waals surface area contributed by atoms with E-state index < -0.39 is 0 Å². The van der Waals surface area contributed by atoms with Gasteiger partial charge < -0.3 is 10.2 Å². The summed E-state index contributed by atoms with van der Waals surface area (Å²) in [6.45, 7) is 5.79. The van der Waals surface area contributed by atoms with Gasteiger partial charge in [0.05, 0.1) is 16.9 Å². The Bertz CT molecular complexity index is 767. The lowest BCUT2D eigenvalue weighted by molar-refractivity contribution is 0.0607. The van der Waals surface area contributed by atoms with Gasteiger partial charge in [0, 0.05) is 30.9 Å². The minimum Gasteiger partial charge on any atom is -0.338 e. The van der Waals surface area contributed by atoms with E-state index in [4.69, 9.17) is 11.6 Å². The average molecular weight is 359 g/mol. The molecule has 2 aliphatic heterocycles. The molecule has 3 heterocycles. The van der Waals surface area contributed by atoms with Gasteiger partial charge in [-0.25, -0.2) is 4.68 Å². The average Bonchev–Trinajstić information content (AvgIpc) is 3.23. The van der Waals surface area contributed by atoms with Crippen LogP contribution in [0.25, 0.3) is 5.69 Å². The van der Waals surface area contributed by atoms with Gasteiger partial charge in [0.25, 0.3) is 5.91 Å². The van der Waals surface area contributed by atoms with Gasteiger partial charge in [0.15, 0.2) is 0 Å². The van der Waals surface area contributed by atoms with Gasteiger partial charge in [-0.1, -0.05) is 11.6 Å². The predicted octanol–water partition coefficient (Wildman–Crippen LogP) is 3.05. The van der Waals surface area contributed by atoms with E-state index in [1.807, 2.05) is 42.3 Å². The number of hydrogen-bond donors (Lipinski definition) is 1. The summed E-state index contributed by atoms with van der Waals surface area (Å²) in [6, 6.07) is 7.46. The number of benzene rings is 1. The maximum atomic E-state index is 13.0. The summed E-state index contributed by atoms with van der Waals surface area (Å²) in [5, 5.41) is 8.67. The van der Waals surface area contributed by atoms with E-state index in [1.54, 1.807) is 4.68 Å². The Kier molecular flexibility index (Phi) is 4.29. The number of aryl methyl sites for hydroxylation is 1. The first-order chi connectivity index (χ1) is 12.1. The molecule has 0 atom stereocenters. The van der Waals surface area contributed by atoms with Crippen molar-refractivity contribution in [1.29, 1.82) is 0 Å². The second kappa shape index (κ2) is 6.46. The maximum Gasteiger partial charge on any atom is 0.257 e. The Balaban J connectivity index is 1.50. The van der Waals surface area contributed by atoms with Crippen LogP contribution < -0.4 is 5.32 Å². The van der Waals surface area contributed by atoms with Crippen molar-refractivity contribution in [2.24, 2.45) is 5.41 Å². The molecule has 0 unspecified atom stereocenters. The van der Waals surface area contributed by atoms with Gasteiger partial charge in [-0.3, -0.25) is 4.79 Å². The highest BCUT2D eigenvalue weighted by Gasteiger charge is 2.38. The van der Waals surface area contributed by atoms with Crippen molar-refractivity contribution in [2.45, 2.75) is 26.2 Å². The van der Waals surface area contributed by atoms with Crippen LogP contribution in [0.15, 0.2) is 30.5 Å². The fourth-order valence-electron chi connectivity index (χ4n) is 3.97. The number of aromatic nitrogens is 2. The van der Waals surface area contributed by atoms with Crippen LogP contribution in [0.4, 0.5) is 0 Å². The highest BCUT2D eigenvalue weighted by atomic mass is 35.5. The Labute approximate surface area is 153 Å². The Morgan fingerprint density at radius 3 is 2.56 bits per heavy atom. The second-order valence-corrected chi connectivity index (χ2v) is 7.70.